The predicted molar refractivity (Wildman–Crippen MR) is 224 cm³/mol. The van der Waals surface area contributed by atoms with Crippen LogP contribution in [0.4, 0.5) is 0 Å². The van der Waals surface area contributed by atoms with Gasteiger partial charge in [0, 0.05) is 27.3 Å². The van der Waals surface area contributed by atoms with Crippen LogP contribution in [0.5, 0.6) is 0 Å². The van der Waals surface area contributed by atoms with Crippen molar-refractivity contribution in [3.8, 4) is 56.0 Å². The highest BCUT2D eigenvalue weighted by atomic mass is 16.3. The second-order valence-electron chi connectivity index (χ2n) is 14.6. The minimum Gasteiger partial charge on any atom is -0.452 e. The van der Waals surface area contributed by atoms with Crippen LogP contribution in [0.2, 0.25) is 0 Å². The largest absolute Gasteiger partial charge is 0.452 e. The van der Waals surface area contributed by atoms with E-state index in [0.717, 1.165) is 55.1 Å². The third-order valence-corrected chi connectivity index (χ3v) is 11.2. The molecule has 0 saturated carbocycles. The van der Waals surface area contributed by atoms with Crippen molar-refractivity contribution in [2.75, 3.05) is 0 Å². The molecule has 0 aliphatic heterocycles. The Morgan fingerprint density at radius 3 is 2.13 bits per heavy atom. The average molecular weight is 695 g/mol. The standard InChI is InChI=1S/C51H34N2O/c1-51(2)43-21-10-8-17-38(43)41-30-42(45-37(33-14-4-3-5-15-33)19-12-20-40(45)46(41)51)50-52-47(49-48(53-50)39-18-9-11-22-44(39)54-49)34-26-23-32(24-27-34)36-28-25-31-13-6-7-16-35(31)29-36/h3-30H,1-2H3/i9D,11D,18D,22D. The van der Waals surface area contributed by atoms with E-state index in [9.17, 15) is 0 Å². The quantitative estimate of drug-likeness (QED) is 0.184. The molecule has 2 heterocycles. The predicted octanol–water partition coefficient (Wildman–Crippen LogP) is 13.7. The zero-order chi connectivity index (χ0) is 39.4. The Morgan fingerprint density at radius 1 is 0.537 bits per heavy atom. The number of hydrogen-bond donors (Lipinski definition) is 0. The van der Waals surface area contributed by atoms with Crippen molar-refractivity contribution < 1.29 is 9.90 Å². The van der Waals surface area contributed by atoms with Crippen LogP contribution in [0.25, 0.3) is 99.6 Å². The second kappa shape index (κ2) is 11.6. The number of fused-ring (bicyclic) bond motifs is 9. The number of rotatable bonds is 4. The number of aromatic nitrogens is 2. The van der Waals surface area contributed by atoms with Gasteiger partial charge in [0.2, 0.25) is 0 Å². The molecule has 0 spiro atoms. The maximum absolute atomic E-state index is 9.05. The third-order valence-electron chi connectivity index (χ3n) is 11.2. The van der Waals surface area contributed by atoms with Crippen LogP contribution in [-0.4, -0.2) is 9.97 Å². The van der Waals surface area contributed by atoms with Crippen molar-refractivity contribution in [1.82, 2.24) is 9.97 Å². The lowest BCUT2D eigenvalue weighted by Crippen LogP contribution is -2.15. The van der Waals surface area contributed by atoms with Crippen molar-refractivity contribution in [1.29, 1.82) is 0 Å². The van der Waals surface area contributed by atoms with Gasteiger partial charge in [-0.3, -0.25) is 0 Å². The van der Waals surface area contributed by atoms with Gasteiger partial charge in [-0.15, -0.1) is 0 Å². The molecular formula is C51H34N2O. The molecule has 54 heavy (non-hydrogen) atoms. The maximum Gasteiger partial charge on any atom is 0.180 e. The molecular weight excluding hydrogens is 657 g/mol. The normalized spacial score (nSPS) is 14.2. The summed E-state index contributed by atoms with van der Waals surface area (Å²) in [6.07, 6.45) is 0. The Labute approximate surface area is 318 Å². The molecule has 10 aromatic rings. The summed E-state index contributed by atoms with van der Waals surface area (Å²) < 4.78 is 41.4. The van der Waals surface area contributed by atoms with Gasteiger partial charge < -0.3 is 4.42 Å². The summed E-state index contributed by atoms with van der Waals surface area (Å²) in [5, 5.41) is 4.70. The van der Waals surface area contributed by atoms with E-state index in [2.05, 4.69) is 117 Å². The van der Waals surface area contributed by atoms with E-state index >= 15 is 0 Å². The van der Waals surface area contributed by atoms with Gasteiger partial charge in [0.05, 0.1) is 5.48 Å². The summed E-state index contributed by atoms with van der Waals surface area (Å²) in [6, 6.07) is 49.5. The molecule has 0 saturated heterocycles. The molecule has 2 aromatic heterocycles. The van der Waals surface area contributed by atoms with Crippen molar-refractivity contribution in [2.45, 2.75) is 19.3 Å². The minimum absolute atomic E-state index is 0.0564. The zero-order valence-electron chi connectivity index (χ0n) is 33.7. The molecule has 0 amide bonds. The monoisotopic (exact) mass is 694 g/mol. The highest BCUT2D eigenvalue weighted by Gasteiger charge is 2.38. The minimum atomic E-state index is -0.357. The molecule has 0 N–H and O–H groups in total. The number of benzene rings is 8. The lowest BCUT2D eigenvalue weighted by atomic mass is 9.78. The van der Waals surface area contributed by atoms with Gasteiger partial charge in [0.1, 0.15) is 16.8 Å². The fourth-order valence-corrected chi connectivity index (χ4v) is 8.67. The summed E-state index contributed by atoms with van der Waals surface area (Å²) in [4.78, 5) is 10.6. The SMILES string of the molecule is [2H]c1c([2H])c([2H])c2c(oc3c(-c4ccc(-c5ccc6ccccc6c5)cc4)nc(-c4cc5c(c6cccc(-c7ccccc7)c46)C(C)(C)c4ccccc4-5)nc32)c1[2H]. The van der Waals surface area contributed by atoms with Gasteiger partial charge in [0.25, 0.3) is 0 Å². The van der Waals surface area contributed by atoms with Crippen molar-refractivity contribution >= 4 is 43.6 Å². The van der Waals surface area contributed by atoms with E-state index in [4.69, 9.17) is 19.9 Å². The summed E-state index contributed by atoms with van der Waals surface area (Å²) in [5.41, 5.74) is 11.6. The molecule has 1 aliphatic rings. The van der Waals surface area contributed by atoms with Crippen LogP contribution in [0.15, 0.2) is 174 Å². The van der Waals surface area contributed by atoms with Gasteiger partial charge in [-0.2, -0.15) is 0 Å². The second-order valence-corrected chi connectivity index (χ2v) is 14.6. The van der Waals surface area contributed by atoms with E-state index in [1.165, 1.54) is 22.1 Å². The average Bonchev–Trinajstić information content (AvgIpc) is 3.77. The van der Waals surface area contributed by atoms with Gasteiger partial charge in [0.15, 0.2) is 11.4 Å². The number of nitrogens with zero attached hydrogens (tertiary/aromatic N) is 2. The van der Waals surface area contributed by atoms with E-state index in [-0.39, 0.29) is 40.6 Å². The first kappa shape index (κ1) is 26.9. The number of furan rings is 1. The molecule has 0 radical (unpaired) electrons. The van der Waals surface area contributed by atoms with E-state index < -0.39 is 0 Å². The molecule has 0 fully saturated rings. The van der Waals surface area contributed by atoms with Crippen LogP contribution in [0.1, 0.15) is 30.5 Å². The first-order valence-electron chi connectivity index (χ1n) is 20.2. The lowest BCUT2D eigenvalue weighted by Gasteiger charge is -2.25. The Morgan fingerprint density at radius 2 is 1.26 bits per heavy atom. The van der Waals surface area contributed by atoms with Crippen LogP contribution in [-0.2, 0) is 5.41 Å². The topological polar surface area (TPSA) is 38.9 Å². The molecule has 1 aliphatic carbocycles. The lowest BCUT2D eigenvalue weighted by molar-refractivity contribution is 0.666. The highest BCUT2D eigenvalue weighted by Crippen LogP contribution is 2.54. The van der Waals surface area contributed by atoms with Crippen LogP contribution in [0, 0.1) is 0 Å². The zero-order valence-corrected chi connectivity index (χ0v) is 29.7. The van der Waals surface area contributed by atoms with Crippen molar-refractivity contribution in [3.63, 3.8) is 0 Å². The first-order valence-corrected chi connectivity index (χ1v) is 18.2. The fraction of sp³-hybridized carbons (Fsp3) is 0.0588. The van der Waals surface area contributed by atoms with E-state index in [1.54, 1.807) is 0 Å². The Balaban J connectivity index is 1.23. The van der Waals surface area contributed by atoms with Crippen molar-refractivity contribution in [2.24, 2.45) is 0 Å². The van der Waals surface area contributed by atoms with E-state index in [0.29, 0.717) is 22.6 Å². The summed E-state index contributed by atoms with van der Waals surface area (Å²) in [6.45, 7) is 4.58. The molecule has 254 valence electrons. The van der Waals surface area contributed by atoms with Crippen LogP contribution in [0.3, 0.4) is 0 Å². The number of hydrogen-bond acceptors (Lipinski definition) is 3. The van der Waals surface area contributed by atoms with Crippen LogP contribution >= 0.6 is 0 Å². The van der Waals surface area contributed by atoms with Crippen LogP contribution < -0.4 is 0 Å². The number of para-hydroxylation sites is 1. The van der Waals surface area contributed by atoms with Gasteiger partial charge in [-0.05, 0) is 84.9 Å². The molecule has 11 rings (SSSR count). The summed E-state index contributed by atoms with van der Waals surface area (Å²) in [7, 11) is 0. The molecule has 3 heteroatoms. The Bertz CT molecular complexity index is 3350. The first-order chi connectivity index (χ1) is 28.2. The van der Waals surface area contributed by atoms with Gasteiger partial charge in [-0.25, -0.2) is 9.97 Å². The highest BCUT2D eigenvalue weighted by molar-refractivity contribution is 6.13. The molecule has 0 bridgehead atoms. The summed E-state index contributed by atoms with van der Waals surface area (Å²) in [5.74, 6) is 0.439. The summed E-state index contributed by atoms with van der Waals surface area (Å²) >= 11 is 0. The smallest absolute Gasteiger partial charge is 0.180 e. The third kappa shape index (κ3) is 4.55. The molecule has 0 atom stereocenters. The Hall–Kier alpha value is -6.84. The maximum atomic E-state index is 9.05. The molecule has 3 nitrogen and oxygen atoms in total. The molecule has 0 unspecified atom stereocenters. The van der Waals surface area contributed by atoms with Crippen molar-refractivity contribution in [3.05, 3.63) is 181 Å². The Kier molecular flexibility index (Phi) is 5.76. The van der Waals surface area contributed by atoms with E-state index in [1.807, 2.05) is 42.5 Å². The fourth-order valence-electron chi connectivity index (χ4n) is 8.67. The molecule has 8 aromatic carbocycles. The van der Waals surface area contributed by atoms with Gasteiger partial charge in [-0.1, -0.05) is 159 Å². The van der Waals surface area contributed by atoms with Gasteiger partial charge >= 0.3 is 0 Å².